The van der Waals surface area contributed by atoms with Crippen molar-refractivity contribution in [3.8, 4) is 17.9 Å². The Balaban J connectivity index is 2.53. The Morgan fingerprint density at radius 3 is 2.62 bits per heavy atom. The average molecular weight is 213 g/mol. The molecule has 0 fully saturated rings. The number of rotatable bonds is 4. The molecule has 0 amide bonds. The van der Waals surface area contributed by atoms with Gasteiger partial charge in [-0.1, -0.05) is 36.3 Å². The summed E-state index contributed by atoms with van der Waals surface area (Å²) in [5, 5.41) is 8.38. The Kier molecular flexibility index (Phi) is 5.78. The first-order valence-electron chi connectivity index (χ1n) is 5.31. The number of hydrogen-bond donors (Lipinski definition) is 0. The highest BCUT2D eigenvalue weighted by Gasteiger charge is 2.04. The summed E-state index contributed by atoms with van der Waals surface area (Å²) in [7, 11) is 1.65. The molecule has 2 nitrogen and oxygen atoms in total. The maximum atomic E-state index is 8.38. The van der Waals surface area contributed by atoms with E-state index in [4.69, 9.17) is 10.00 Å². The van der Waals surface area contributed by atoms with Crippen LogP contribution in [0.5, 0.6) is 0 Å². The Morgan fingerprint density at radius 2 is 2.00 bits per heavy atom. The third-order valence-corrected chi connectivity index (χ3v) is 2.16. The molecule has 1 unspecified atom stereocenters. The quantitative estimate of drug-likeness (QED) is 0.569. The van der Waals surface area contributed by atoms with Gasteiger partial charge in [-0.05, 0) is 12.0 Å². The maximum Gasteiger partial charge on any atom is 0.143 e. The molecule has 1 rings (SSSR count). The number of methoxy groups -OCH3 is 1. The van der Waals surface area contributed by atoms with Crippen molar-refractivity contribution in [1.29, 1.82) is 5.26 Å². The Bertz CT molecular complexity index is 394. The maximum absolute atomic E-state index is 8.38. The van der Waals surface area contributed by atoms with Crippen molar-refractivity contribution in [2.24, 2.45) is 0 Å². The number of nitriles is 1. The van der Waals surface area contributed by atoms with Gasteiger partial charge in [-0.3, -0.25) is 0 Å². The number of hydrogen-bond acceptors (Lipinski definition) is 2. The number of ether oxygens (including phenoxy) is 1. The molecule has 1 aromatic rings. The van der Waals surface area contributed by atoms with Crippen LogP contribution in [0.1, 0.15) is 30.9 Å². The number of unbranched alkanes of at least 4 members (excludes halogenated alkanes) is 2. The van der Waals surface area contributed by atoms with Crippen LogP contribution in [0, 0.1) is 23.2 Å². The van der Waals surface area contributed by atoms with Crippen molar-refractivity contribution in [2.45, 2.75) is 25.4 Å². The Morgan fingerprint density at radius 1 is 1.25 bits per heavy atom. The van der Waals surface area contributed by atoms with Gasteiger partial charge in [0.05, 0.1) is 6.07 Å². The lowest BCUT2D eigenvalue weighted by molar-refractivity contribution is 0.150. The molecule has 16 heavy (non-hydrogen) atoms. The lowest BCUT2D eigenvalue weighted by Gasteiger charge is -2.07. The van der Waals surface area contributed by atoms with Crippen molar-refractivity contribution in [1.82, 2.24) is 0 Å². The summed E-state index contributed by atoms with van der Waals surface area (Å²) in [4.78, 5) is 0. The lowest BCUT2D eigenvalue weighted by Crippen LogP contribution is -1.97. The molecule has 0 N–H and O–H groups in total. The normalized spacial score (nSPS) is 11.0. The first-order chi connectivity index (χ1) is 7.88. The Hall–Kier alpha value is -1.77. The van der Waals surface area contributed by atoms with Gasteiger partial charge in [0.1, 0.15) is 6.10 Å². The third-order valence-electron chi connectivity index (χ3n) is 2.16. The zero-order valence-corrected chi connectivity index (χ0v) is 9.44. The molecule has 0 bridgehead atoms. The number of nitrogens with zero attached hydrogens (tertiary/aromatic N) is 1. The minimum absolute atomic E-state index is 0.164. The summed E-state index contributed by atoms with van der Waals surface area (Å²) in [5.41, 5.74) is 1.07. The highest BCUT2D eigenvalue weighted by atomic mass is 16.5. The van der Waals surface area contributed by atoms with Crippen molar-refractivity contribution in [3.05, 3.63) is 35.9 Å². The first-order valence-corrected chi connectivity index (χ1v) is 5.31. The van der Waals surface area contributed by atoms with E-state index in [2.05, 4.69) is 17.9 Å². The van der Waals surface area contributed by atoms with Gasteiger partial charge in [-0.2, -0.15) is 5.26 Å². The van der Waals surface area contributed by atoms with Crippen molar-refractivity contribution in [3.63, 3.8) is 0 Å². The van der Waals surface area contributed by atoms with E-state index in [0.717, 1.165) is 18.4 Å². The van der Waals surface area contributed by atoms with E-state index in [1.165, 1.54) is 0 Å². The van der Waals surface area contributed by atoms with Gasteiger partial charge in [0.15, 0.2) is 0 Å². The predicted molar refractivity (Wildman–Crippen MR) is 63.4 cm³/mol. The molecule has 0 saturated carbocycles. The second-order valence-corrected chi connectivity index (χ2v) is 3.36. The lowest BCUT2D eigenvalue weighted by atomic mass is 10.1. The minimum atomic E-state index is -0.164. The molecule has 0 aliphatic heterocycles. The van der Waals surface area contributed by atoms with Crippen LogP contribution >= 0.6 is 0 Å². The molecule has 0 heterocycles. The minimum Gasteiger partial charge on any atom is -0.364 e. The van der Waals surface area contributed by atoms with E-state index in [9.17, 15) is 0 Å². The van der Waals surface area contributed by atoms with Gasteiger partial charge in [-0.15, -0.1) is 5.92 Å². The molecule has 1 atom stereocenters. The molecule has 0 spiro atoms. The van der Waals surface area contributed by atoms with Gasteiger partial charge >= 0.3 is 0 Å². The van der Waals surface area contributed by atoms with E-state index >= 15 is 0 Å². The highest BCUT2D eigenvalue weighted by Crippen LogP contribution is 2.14. The average Bonchev–Trinajstić information content (AvgIpc) is 2.35. The topological polar surface area (TPSA) is 33.0 Å². The standard InChI is InChI=1S/C14H15NO/c1-16-14(11-7-2-3-8-12-15)13-9-5-4-6-10-13/h4-6,9-10,14H,2-3,8H2,1H3. The molecule has 82 valence electrons. The molecule has 0 radical (unpaired) electrons. The molecule has 0 aromatic heterocycles. The SMILES string of the molecule is COC(C#CCCCC#N)c1ccccc1. The van der Waals surface area contributed by atoms with Crippen LogP contribution in [0.2, 0.25) is 0 Å². The van der Waals surface area contributed by atoms with Gasteiger partial charge < -0.3 is 4.74 Å². The van der Waals surface area contributed by atoms with E-state index in [1.807, 2.05) is 30.3 Å². The molecule has 0 aliphatic carbocycles. The largest absolute Gasteiger partial charge is 0.364 e. The second-order valence-electron chi connectivity index (χ2n) is 3.36. The van der Waals surface area contributed by atoms with Crippen LogP contribution in [0.3, 0.4) is 0 Å². The molecular formula is C14H15NO. The summed E-state index contributed by atoms with van der Waals surface area (Å²) in [6.45, 7) is 0. The summed E-state index contributed by atoms with van der Waals surface area (Å²) in [6.07, 6.45) is 1.98. The van der Waals surface area contributed by atoms with Crippen molar-refractivity contribution >= 4 is 0 Å². The summed E-state index contributed by atoms with van der Waals surface area (Å²) >= 11 is 0. The van der Waals surface area contributed by atoms with Crippen molar-refractivity contribution < 1.29 is 4.74 Å². The van der Waals surface area contributed by atoms with E-state index in [1.54, 1.807) is 7.11 Å². The van der Waals surface area contributed by atoms with Crippen LogP contribution in [0.4, 0.5) is 0 Å². The fraction of sp³-hybridized carbons (Fsp3) is 0.357. The number of benzene rings is 1. The van der Waals surface area contributed by atoms with Crippen LogP contribution in [-0.2, 0) is 4.74 Å². The molecule has 0 aliphatic rings. The van der Waals surface area contributed by atoms with Crippen LogP contribution < -0.4 is 0 Å². The molecule has 2 heteroatoms. The van der Waals surface area contributed by atoms with Crippen molar-refractivity contribution in [2.75, 3.05) is 7.11 Å². The smallest absolute Gasteiger partial charge is 0.143 e. The zero-order valence-electron chi connectivity index (χ0n) is 9.44. The van der Waals surface area contributed by atoms with Gasteiger partial charge in [0.2, 0.25) is 0 Å². The Labute approximate surface area is 96.9 Å². The van der Waals surface area contributed by atoms with E-state index < -0.39 is 0 Å². The van der Waals surface area contributed by atoms with Crippen LogP contribution in [0.15, 0.2) is 30.3 Å². The monoisotopic (exact) mass is 213 g/mol. The van der Waals surface area contributed by atoms with Crippen LogP contribution in [-0.4, -0.2) is 7.11 Å². The van der Waals surface area contributed by atoms with Gasteiger partial charge in [-0.25, -0.2) is 0 Å². The summed E-state index contributed by atoms with van der Waals surface area (Å²) in [5.74, 6) is 6.11. The zero-order chi connectivity index (χ0) is 11.6. The van der Waals surface area contributed by atoms with Crippen LogP contribution in [0.25, 0.3) is 0 Å². The van der Waals surface area contributed by atoms with E-state index in [0.29, 0.717) is 6.42 Å². The van der Waals surface area contributed by atoms with Gasteiger partial charge in [0.25, 0.3) is 0 Å². The molecule has 1 aromatic carbocycles. The fourth-order valence-corrected chi connectivity index (χ4v) is 1.33. The molecular weight excluding hydrogens is 198 g/mol. The predicted octanol–water partition coefficient (Wildman–Crippen LogP) is 3.07. The molecule has 0 saturated heterocycles. The summed E-state index contributed by atoms with van der Waals surface area (Å²) < 4.78 is 5.30. The highest BCUT2D eigenvalue weighted by molar-refractivity contribution is 5.25. The van der Waals surface area contributed by atoms with E-state index in [-0.39, 0.29) is 6.10 Å². The summed E-state index contributed by atoms with van der Waals surface area (Å²) in [6, 6.07) is 12.0. The third kappa shape index (κ3) is 4.17. The second kappa shape index (κ2) is 7.51. The van der Waals surface area contributed by atoms with Gasteiger partial charge in [0, 0.05) is 20.0 Å². The fourth-order valence-electron chi connectivity index (χ4n) is 1.33. The first kappa shape index (κ1) is 12.3.